The molecule has 2 heterocycles. The lowest BCUT2D eigenvalue weighted by atomic mass is 10.1. The number of rotatable bonds is 3. The Hall–Kier alpha value is -0.970. The lowest BCUT2D eigenvalue weighted by Gasteiger charge is -2.29. The van der Waals surface area contributed by atoms with Crippen LogP contribution >= 0.6 is 23.1 Å². The van der Waals surface area contributed by atoms with Crippen molar-refractivity contribution >= 4 is 23.1 Å². The summed E-state index contributed by atoms with van der Waals surface area (Å²) < 4.78 is 5.88. The second-order valence-corrected chi connectivity index (χ2v) is 6.16. The molecule has 2 aromatic rings. The van der Waals surface area contributed by atoms with Gasteiger partial charge in [0.05, 0.1) is 6.10 Å². The second-order valence-electron chi connectivity index (χ2n) is 4.32. The smallest absolute Gasteiger partial charge is 0.134 e. The number of thiophene rings is 1. The van der Waals surface area contributed by atoms with Crippen LogP contribution in [0.2, 0.25) is 0 Å². The Balaban J connectivity index is 1.68. The van der Waals surface area contributed by atoms with E-state index in [4.69, 9.17) is 4.74 Å². The first-order chi connectivity index (χ1) is 8.83. The monoisotopic (exact) mass is 278 g/mol. The van der Waals surface area contributed by atoms with Gasteiger partial charge in [-0.25, -0.2) is 0 Å². The minimum atomic E-state index is -0.444. The maximum atomic E-state index is 10.2. The zero-order chi connectivity index (χ0) is 12.4. The predicted molar refractivity (Wildman–Crippen MR) is 75.6 cm³/mol. The zero-order valence-corrected chi connectivity index (χ0v) is 11.4. The summed E-state index contributed by atoms with van der Waals surface area (Å²) >= 11 is 3.42. The quantitative estimate of drug-likeness (QED) is 0.935. The van der Waals surface area contributed by atoms with Gasteiger partial charge in [0.15, 0.2) is 0 Å². The van der Waals surface area contributed by atoms with Gasteiger partial charge in [-0.2, -0.15) is 11.3 Å². The molecule has 0 saturated heterocycles. The molecular weight excluding hydrogens is 264 g/mol. The van der Waals surface area contributed by atoms with Crippen molar-refractivity contribution in [1.82, 2.24) is 0 Å². The van der Waals surface area contributed by atoms with Gasteiger partial charge in [0.1, 0.15) is 11.9 Å². The molecule has 0 aliphatic carbocycles. The van der Waals surface area contributed by atoms with Gasteiger partial charge in [-0.1, -0.05) is 12.1 Å². The van der Waals surface area contributed by atoms with Crippen LogP contribution in [-0.4, -0.2) is 23.1 Å². The van der Waals surface area contributed by atoms with E-state index >= 15 is 0 Å². The number of hydrogen-bond acceptors (Lipinski definition) is 4. The first-order valence-electron chi connectivity index (χ1n) is 5.90. The Bertz CT molecular complexity index is 510. The number of para-hydroxylation sites is 1. The summed E-state index contributed by atoms with van der Waals surface area (Å²) in [5.74, 6) is 1.70. The Kier molecular flexibility index (Phi) is 3.59. The first kappa shape index (κ1) is 12.1. The van der Waals surface area contributed by atoms with Gasteiger partial charge in [0.25, 0.3) is 0 Å². The highest BCUT2D eigenvalue weighted by molar-refractivity contribution is 7.99. The first-order valence-corrected chi connectivity index (χ1v) is 7.83. The molecule has 2 nitrogen and oxygen atoms in total. The minimum absolute atomic E-state index is 0.121. The highest BCUT2D eigenvalue weighted by Gasteiger charge is 2.26. The molecule has 1 aliphatic rings. The third-order valence-electron chi connectivity index (χ3n) is 2.98. The van der Waals surface area contributed by atoms with Crippen LogP contribution in [0.5, 0.6) is 5.75 Å². The van der Waals surface area contributed by atoms with Gasteiger partial charge in [0.2, 0.25) is 0 Å². The highest BCUT2D eigenvalue weighted by atomic mass is 32.2. The number of aliphatic hydroxyl groups is 1. The fraction of sp³-hybridized carbons (Fsp3) is 0.286. The van der Waals surface area contributed by atoms with E-state index in [0.717, 1.165) is 16.4 Å². The third-order valence-corrected chi connectivity index (χ3v) is 4.86. The molecule has 2 unspecified atom stereocenters. The average Bonchev–Trinajstić information content (AvgIpc) is 2.91. The molecule has 0 fully saturated rings. The molecule has 4 heteroatoms. The Morgan fingerprint density at radius 3 is 3.06 bits per heavy atom. The number of ether oxygens (including phenoxy) is 1. The molecule has 1 aromatic heterocycles. The number of hydrogen-bond donors (Lipinski definition) is 1. The van der Waals surface area contributed by atoms with Crippen molar-refractivity contribution in [3.63, 3.8) is 0 Å². The summed E-state index contributed by atoms with van der Waals surface area (Å²) in [5.41, 5.74) is 1.18. The largest absolute Gasteiger partial charge is 0.486 e. The SMILES string of the molecule is OC(Cc1ccsc1)C1CSc2ccccc2O1. The zero-order valence-electron chi connectivity index (χ0n) is 9.78. The maximum absolute atomic E-state index is 10.2. The molecule has 2 atom stereocenters. The number of benzene rings is 1. The molecule has 0 spiro atoms. The number of thioether (sulfide) groups is 1. The van der Waals surface area contributed by atoms with Crippen molar-refractivity contribution in [3.8, 4) is 5.75 Å². The van der Waals surface area contributed by atoms with Crippen molar-refractivity contribution in [2.24, 2.45) is 0 Å². The fourth-order valence-corrected chi connectivity index (χ4v) is 3.76. The second kappa shape index (κ2) is 5.34. The van der Waals surface area contributed by atoms with Crippen LogP contribution in [-0.2, 0) is 6.42 Å². The summed E-state index contributed by atoms with van der Waals surface area (Å²) in [6, 6.07) is 10.1. The number of aliphatic hydroxyl groups excluding tert-OH is 1. The van der Waals surface area contributed by atoms with Crippen LogP contribution in [0.3, 0.4) is 0 Å². The standard InChI is InChI=1S/C14H14O2S2/c15-11(7-10-5-6-17-8-10)13-9-18-14-4-2-1-3-12(14)16-13/h1-6,8,11,13,15H,7,9H2. The van der Waals surface area contributed by atoms with Crippen LogP contribution in [0, 0.1) is 0 Å². The molecule has 1 aromatic carbocycles. The lowest BCUT2D eigenvalue weighted by molar-refractivity contribution is 0.0469. The van der Waals surface area contributed by atoms with Gasteiger partial charge >= 0.3 is 0 Å². The van der Waals surface area contributed by atoms with Crippen molar-refractivity contribution in [3.05, 3.63) is 46.7 Å². The third kappa shape index (κ3) is 2.55. The van der Waals surface area contributed by atoms with E-state index in [0.29, 0.717) is 6.42 Å². The van der Waals surface area contributed by atoms with Crippen molar-refractivity contribution in [2.75, 3.05) is 5.75 Å². The normalized spacial score (nSPS) is 19.9. The molecule has 3 rings (SSSR count). The van der Waals surface area contributed by atoms with Crippen LogP contribution in [0.15, 0.2) is 46.0 Å². The fourth-order valence-electron chi connectivity index (χ4n) is 2.01. The van der Waals surface area contributed by atoms with Crippen molar-refractivity contribution in [1.29, 1.82) is 0 Å². The summed E-state index contributed by atoms with van der Waals surface area (Å²) in [4.78, 5) is 1.16. The molecular formula is C14H14O2S2. The van der Waals surface area contributed by atoms with Gasteiger partial charge in [0, 0.05) is 17.1 Å². The predicted octanol–water partition coefficient (Wildman–Crippen LogP) is 3.20. The molecule has 1 aliphatic heterocycles. The summed E-state index contributed by atoms with van der Waals surface area (Å²) in [6.07, 6.45) is 0.0990. The van der Waals surface area contributed by atoms with Gasteiger partial charge in [-0.15, -0.1) is 11.8 Å². The Labute approximate surface area is 115 Å². The Morgan fingerprint density at radius 2 is 2.22 bits per heavy atom. The summed E-state index contributed by atoms with van der Waals surface area (Å²) in [5, 5.41) is 14.3. The Morgan fingerprint density at radius 1 is 1.33 bits per heavy atom. The van der Waals surface area contributed by atoms with Crippen molar-refractivity contribution < 1.29 is 9.84 Å². The summed E-state index contributed by atoms with van der Waals surface area (Å²) in [6.45, 7) is 0. The van der Waals surface area contributed by atoms with Gasteiger partial charge in [-0.3, -0.25) is 0 Å². The lowest BCUT2D eigenvalue weighted by Crippen LogP contribution is -2.37. The van der Waals surface area contributed by atoms with E-state index in [-0.39, 0.29) is 6.10 Å². The number of fused-ring (bicyclic) bond motifs is 1. The van der Waals surface area contributed by atoms with E-state index in [1.54, 1.807) is 23.1 Å². The van der Waals surface area contributed by atoms with E-state index in [1.807, 2.05) is 23.6 Å². The van der Waals surface area contributed by atoms with E-state index in [1.165, 1.54) is 5.56 Å². The molecule has 1 N–H and O–H groups in total. The van der Waals surface area contributed by atoms with Crippen LogP contribution in [0.4, 0.5) is 0 Å². The van der Waals surface area contributed by atoms with Crippen LogP contribution < -0.4 is 4.74 Å². The summed E-state index contributed by atoms with van der Waals surface area (Å²) in [7, 11) is 0. The molecule has 94 valence electrons. The maximum Gasteiger partial charge on any atom is 0.134 e. The van der Waals surface area contributed by atoms with E-state index < -0.39 is 6.10 Å². The molecule has 0 saturated carbocycles. The minimum Gasteiger partial charge on any atom is -0.486 e. The molecule has 0 bridgehead atoms. The van der Waals surface area contributed by atoms with Gasteiger partial charge in [-0.05, 0) is 34.5 Å². The molecule has 18 heavy (non-hydrogen) atoms. The van der Waals surface area contributed by atoms with Gasteiger partial charge < -0.3 is 9.84 Å². The molecule has 0 radical (unpaired) electrons. The van der Waals surface area contributed by atoms with Crippen LogP contribution in [0.1, 0.15) is 5.56 Å². The van der Waals surface area contributed by atoms with Crippen LogP contribution in [0.25, 0.3) is 0 Å². The molecule has 0 amide bonds. The average molecular weight is 278 g/mol. The highest BCUT2D eigenvalue weighted by Crippen LogP contribution is 2.36. The van der Waals surface area contributed by atoms with E-state index in [9.17, 15) is 5.11 Å². The van der Waals surface area contributed by atoms with Crippen molar-refractivity contribution in [2.45, 2.75) is 23.5 Å². The van der Waals surface area contributed by atoms with E-state index in [2.05, 4.69) is 17.5 Å². The topological polar surface area (TPSA) is 29.5 Å².